The predicted octanol–water partition coefficient (Wildman–Crippen LogP) is 1.55. The number of anilines is 2. The van der Waals surface area contributed by atoms with Crippen molar-refractivity contribution in [3.63, 3.8) is 0 Å². The number of carbonyl (C=O) groups is 3. The Kier molecular flexibility index (Phi) is 5.35. The molecule has 1 N–H and O–H groups in total. The van der Waals surface area contributed by atoms with Crippen LogP contribution >= 0.6 is 0 Å². The van der Waals surface area contributed by atoms with Gasteiger partial charge in [-0.1, -0.05) is 12.8 Å². The molecule has 2 unspecified atom stereocenters. The zero-order valence-electron chi connectivity index (χ0n) is 16.4. The van der Waals surface area contributed by atoms with E-state index in [0.29, 0.717) is 5.69 Å². The monoisotopic (exact) mass is 384 g/mol. The smallest absolute Gasteiger partial charge is 0.244 e. The van der Waals surface area contributed by atoms with Crippen LogP contribution in [-0.4, -0.2) is 67.3 Å². The summed E-state index contributed by atoms with van der Waals surface area (Å²) in [4.78, 5) is 43.2. The molecule has 28 heavy (non-hydrogen) atoms. The third-order valence-corrected chi connectivity index (χ3v) is 6.25. The lowest BCUT2D eigenvalue weighted by molar-refractivity contribution is -0.142. The summed E-state index contributed by atoms with van der Waals surface area (Å²) in [7, 11) is 2.13. The van der Waals surface area contributed by atoms with Crippen LogP contribution in [0.3, 0.4) is 0 Å². The fourth-order valence-corrected chi connectivity index (χ4v) is 4.55. The van der Waals surface area contributed by atoms with Gasteiger partial charge in [0.15, 0.2) is 0 Å². The molecule has 1 aromatic rings. The molecule has 0 spiro atoms. The first-order chi connectivity index (χ1) is 13.5. The first-order valence-corrected chi connectivity index (χ1v) is 10.2. The number of nitrogens with one attached hydrogen (secondary N) is 1. The molecule has 1 aliphatic carbocycles. The van der Waals surface area contributed by atoms with Crippen LogP contribution in [0.5, 0.6) is 0 Å². The Morgan fingerprint density at radius 1 is 0.964 bits per heavy atom. The van der Waals surface area contributed by atoms with E-state index in [1.54, 1.807) is 0 Å². The van der Waals surface area contributed by atoms with Crippen molar-refractivity contribution in [2.45, 2.75) is 25.7 Å². The number of amides is 3. The minimum absolute atomic E-state index is 0.171. The fourth-order valence-electron chi connectivity index (χ4n) is 4.55. The van der Waals surface area contributed by atoms with E-state index in [1.807, 2.05) is 24.3 Å². The first kappa shape index (κ1) is 18.9. The maximum absolute atomic E-state index is 12.5. The summed E-state index contributed by atoms with van der Waals surface area (Å²) in [5.41, 5.74) is 1.82. The molecule has 3 aliphatic rings. The van der Waals surface area contributed by atoms with Gasteiger partial charge in [-0.15, -0.1) is 0 Å². The first-order valence-electron chi connectivity index (χ1n) is 10.2. The number of piperazine rings is 1. The Bertz CT molecular complexity index is 731. The van der Waals surface area contributed by atoms with E-state index >= 15 is 0 Å². The van der Waals surface area contributed by atoms with Gasteiger partial charge in [-0.05, 0) is 44.2 Å². The highest BCUT2D eigenvalue weighted by Gasteiger charge is 2.48. The van der Waals surface area contributed by atoms with E-state index in [9.17, 15) is 14.4 Å². The van der Waals surface area contributed by atoms with Crippen molar-refractivity contribution in [1.82, 2.24) is 9.80 Å². The maximum atomic E-state index is 12.5. The zero-order chi connectivity index (χ0) is 19.7. The molecule has 0 radical (unpaired) electrons. The lowest BCUT2D eigenvalue weighted by Crippen LogP contribution is -2.44. The average Bonchev–Trinajstić information content (AvgIpc) is 2.94. The summed E-state index contributed by atoms with van der Waals surface area (Å²) in [5, 5.41) is 2.82. The van der Waals surface area contributed by atoms with Gasteiger partial charge in [-0.2, -0.15) is 0 Å². The van der Waals surface area contributed by atoms with Crippen LogP contribution in [0.1, 0.15) is 25.7 Å². The Morgan fingerprint density at radius 3 is 2.11 bits per heavy atom. The van der Waals surface area contributed by atoms with Crippen LogP contribution in [0.4, 0.5) is 11.4 Å². The lowest BCUT2D eigenvalue weighted by atomic mass is 9.81. The molecule has 2 aliphatic heterocycles. The number of carbonyl (C=O) groups excluding carboxylic acids is 3. The highest BCUT2D eigenvalue weighted by molar-refractivity contribution is 6.08. The van der Waals surface area contributed by atoms with Crippen molar-refractivity contribution in [3.05, 3.63) is 24.3 Å². The van der Waals surface area contributed by atoms with E-state index in [-0.39, 0.29) is 36.1 Å². The molecule has 7 heteroatoms. The van der Waals surface area contributed by atoms with Gasteiger partial charge in [0.1, 0.15) is 6.54 Å². The Hall–Kier alpha value is -2.41. The van der Waals surface area contributed by atoms with Crippen LogP contribution in [0.25, 0.3) is 0 Å². The minimum Gasteiger partial charge on any atom is -0.369 e. The number of hydrogen-bond acceptors (Lipinski definition) is 5. The SMILES string of the molecule is CN1CCN(c2ccc(NC(=O)CN3C(=O)C4CCCCC4C3=O)cc2)CC1. The lowest BCUT2D eigenvalue weighted by Gasteiger charge is -2.34. The number of imide groups is 1. The van der Waals surface area contributed by atoms with Crippen molar-refractivity contribution >= 4 is 29.1 Å². The fraction of sp³-hybridized carbons (Fsp3) is 0.571. The quantitative estimate of drug-likeness (QED) is 0.798. The Balaban J connectivity index is 1.34. The van der Waals surface area contributed by atoms with Crippen molar-refractivity contribution in [1.29, 1.82) is 0 Å². The molecule has 1 aromatic carbocycles. The van der Waals surface area contributed by atoms with Gasteiger partial charge in [0.2, 0.25) is 17.7 Å². The van der Waals surface area contributed by atoms with Crippen LogP contribution in [-0.2, 0) is 14.4 Å². The van der Waals surface area contributed by atoms with Gasteiger partial charge in [-0.25, -0.2) is 0 Å². The largest absolute Gasteiger partial charge is 0.369 e. The highest BCUT2D eigenvalue weighted by atomic mass is 16.2. The molecule has 2 atom stereocenters. The van der Waals surface area contributed by atoms with E-state index in [1.165, 1.54) is 0 Å². The Labute approximate surface area is 165 Å². The number of fused-ring (bicyclic) bond motifs is 1. The number of nitrogens with zero attached hydrogens (tertiary/aromatic N) is 3. The zero-order valence-corrected chi connectivity index (χ0v) is 16.4. The number of likely N-dealkylation sites (N-methyl/N-ethyl adjacent to an activating group) is 1. The molecule has 4 rings (SSSR count). The molecule has 2 saturated heterocycles. The third kappa shape index (κ3) is 3.76. The van der Waals surface area contributed by atoms with Crippen LogP contribution in [0.2, 0.25) is 0 Å². The molecule has 0 bridgehead atoms. The van der Waals surface area contributed by atoms with E-state index < -0.39 is 0 Å². The average molecular weight is 384 g/mol. The summed E-state index contributed by atoms with van der Waals surface area (Å²) in [6, 6.07) is 7.75. The molecular formula is C21H28N4O3. The van der Waals surface area contributed by atoms with Gasteiger partial charge < -0.3 is 15.1 Å². The maximum Gasteiger partial charge on any atom is 0.244 e. The van der Waals surface area contributed by atoms with Crippen LogP contribution in [0.15, 0.2) is 24.3 Å². The molecule has 1 saturated carbocycles. The summed E-state index contributed by atoms with van der Waals surface area (Å²) in [6.45, 7) is 3.87. The van der Waals surface area contributed by atoms with Gasteiger partial charge >= 0.3 is 0 Å². The summed E-state index contributed by atoms with van der Waals surface area (Å²) in [5.74, 6) is -1.09. The second kappa shape index (κ2) is 7.91. The second-order valence-electron chi connectivity index (χ2n) is 8.15. The van der Waals surface area contributed by atoms with Gasteiger partial charge in [-0.3, -0.25) is 19.3 Å². The van der Waals surface area contributed by atoms with Crippen LogP contribution < -0.4 is 10.2 Å². The van der Waals surface area contributed by atoms with Crippen molar-refractivity contribution in [2.75, 3.05) is 50.0 Å². The minimum atomic E-state index is -0.326. The molecule has 0 aromatic heterocycles. The third-order valence-electron chi connectivity index (χ3n) is 6.25. The highest BCUT2D eigenvalue weighted by Crippen LogP contribution is 2.37. The van der Waals surface area contributed by atoms with Crippen molar-refractivity contribution < 1.29 is 14.4 Å². The molecule has 2 heterocycles. The van der Waals surface area contributed by atoms with Crippen LogP contribution in [0, 0.1) is 11.8 Å². The number of likely N-dealkylation sites (tertiary alicyclic amines) is 1. The normalized spacial score (nSPS) is 25.8. The van der Waals surface area contributed by atoms with Crippen molar-refractivity contribution in [3.8, 4) is 0 Å². The molecule has 150 valence electrons. The number of hydrogen-bond donors (Lipinski definition) is 1. The summed E-state index contributed by atoms with van der Waals surface area (Å²) in [6.07, 6.45) is 3.50. The molecule has 3 amide bonds. The molecule has 7 nitrogen and oxygen atoms in total. The van der Waals surface area contributed by atoms with Crippen molar-refractivity contribution in [2.24, 2.45) is 11.8 Å². The standard InChI is InChI=1S/C21H28N4O3/c1-23-10-12-24(13-11-23)16-8-6-15(7-9-16)22-19(26)14-25-20(27)17-4-2-3-5-18(17)21(25)28/h6-9,17-18H,2-5,10-14H2,1H3,(H,22,26). The topological polar surface area (TPSA) is 73.0 Å². The predicted molar refractivity (Wildman–Crippen MR) is 107 cm³/mol. The van der Waals surface area contributed by atoms with Gasteiger partial charge in [0.05, 0.1) is 11.8 Å². The molecule has 3 fully saturated rings. The van der Waals surface area contributed by atoms with E-state index in [2.05, 4.69) is 22.2 Å². The summed E-state index contributed by atoms with van der Waals surface area (Å²) < 4.78 is 0. The number of benzene rings is 1. The second-order valence-corrected chi connectivity index (χ2v) is 8.15. The van der Waals surface area contributed by atoms with E-state index in [4.69, 9.17) is 0 Å². The summed E-state index contributed by atoms with van der Waals surface area (Å²) >= 11 is 0. The van der Waals surface area contributed by atoms with Gasteiger partial charge in [0, 0.05) is 37.6 Å². The molecular weight excluding hydrogens is 356 g/mol. The Morgan fingerprint density at radius 2 is 1.54 bits per heavy atom. The number of rotatable bonds is 4. The van der Waals surface area contributed by atoms with Gasteiger partial charge in [0.25, 0.3) is 0 Å². The van der Waals surface area contributed by atoms with E-state index in [0.717, 1.165) is 62.4 Å².